The monoisotopic (exact) mass is 337 g/mol. The lowest BCUT2D eigenvalue weighted by atomic mass is 10.2. The van der Waals surface area contributed by atoms with E-state index in [0.717, 1.165) is 5.56 Å². The summed E-state index contributed by atoms with van der Waals surface area (Å²) in [4.78, 5) is 17.7. The summed E-state index contributed by atoms with van der Waals surface area (Å²) >= 11 is 6.04. The van der Waals surface area contributed by atoms with Gasteiger partial charge in [0.05, 0.1) is 10.9 Å². The molecule has 0 saturated carbocycles. The van der Waals surface area contributed by atoms with Crippen LogP contribution in [0.4, 0.5) is 0 Å². The second-order valence-electron chi connectivity index (χ2n) is 5.40. The van der Waals surface area contributed by atoms with E-state index in [1.165, 1.54) is 4.57 Å². The molecule has 24 heavy (non-hydrogen) atoms. The first-order valence-corrected chi connectivity index (χ1v) is 7.73. The standard InChI is InChI=1S/C18H12ClN3O2/c1-11-9-16(21-24-11)22-17(12-5-3-2-4-6-12)20-15-8-7-13(19)10-14(15)18(22)23/h2-10H,1H3. The fourth-order valence-corrected chi connectivity index (χ4v) is 2.78. The summed E-state index contributed by atoms with van der Waals surface area (Å²) in [6.07, 6.45) is 0. The summed E-state index contributed by atoms with van der Waals surface area (Å²) in [5.41, 5.74) is 1.15. The lowest BCUT2D eigenvalue weighted by Crippen LogP contribution is -2.22. The molecule has 118 valence electrons. The molecule has 0 aliphatic heterocycles. The van der Waals surface area contributed by atoms with Gasteiger partial charge in [0, 0.05) is 16.7 Å². The van der Waals surface area contributed by atoms with E-state index in [4.69, 9.17) is 16.1 Å². The Bertz CT molecular complexity index is 1100. The van der Waals surface area contributed by atoms with E-state index in [1.54, 1.807) is 31.2 Å². The van der Waals surface area contributed by atoms with Gasteiger partial charge >= 0.3 is 0 Å². The van der Waals surface area contributed by atoms with Crippen molar-refractivity contribution < 1.29 is 4.52 Å². The van der Waals surface area contributed by atoms with Crippen LogP contribution < -0.4 is 5.56 Å². The Morgan fingerprint density at radius 2 is 1.88 bits per heavy atom. The summed E-state index contributed by atoms with van der Waals surface area (Å²) < 4.78 is 6.59. The normalized spacial score (nSPS) is 11.1. The van der Waals surface area contributed by atoms with Crippen molar-refractivity contribution in [3.63, 3.8) is 0 Å². The third kappa shape index (κ3) is 2.39. The van der Waals surface area contributed by atoms with Gasteiger partial charge in [-0.25, -0.2) is 9.55 Å². The number of aryl methyl sites for hydroxylation is 1. The molecule has 0 aliphatic carbocycles. The highest BCUT2D eigenvalue weighted by Gasteiger charge is 2.17. The predicted molar refractivity (Wildman–Crippen MR) is 92.6 cm³/mol. The molecule has 2 heterocycles. The van der Waals surface area contributed by atoms with E-state index in [9.17, 15) is 4.79 Å². The smallest absolute Gasteiger partial charge is 0.267 e. The minimum Gasteiger partial charge on any atom is -0.360 e. The molecule has 5 nitrogen and oxygen atoms in total. The van der Waals surface area contributed by atoms with Crippen LogP contribution in [0.1, 0.15) is 5.76 Å². The highest BCUT2D eigenvalue weighted by Crippen LogP contribution is 2.23. The molecule has 0 bridgehead atoms. The lowest BCUT2D eigenvalue weighted by molar-refractivity contribution is 0.394. The molecule has 0 amide bonds. The SMILES string of the molecule is Cc1cc(-n2c(-c3ccccc3)nc3ccc(Cl)cc3c2=O)no1. The van der Waals surface area contributed by atoms with Crippen LogP contribution in [0, 0.1) is 6.92 Å². The molecule has 0 atom stereocenters. The molecule has 0 fully saturated rings. The number of aromatic nitrogens is 3. The van der Waals surface area contributed by atoms with Crippen LogP contribution in [0.25, 0.3) is 28.1 Å². The van der Waals surface area contributed by atoms with E-state index >= 15 is 0 Å². The number of fused-ring (bicyclic) bond motifs is 1. The first-order chi connectivity index (χ1) is 11.6. The van der Waals surface area contributed by atoms with Gasteiger partial charge in [0.15, 0.2) is 5.82 Å². The second-order valence-corrected chi connectivity index (χ2v) is 5.84. The van der Waals surface area contributed by atoms with Crippen molar-refractivity contribution in [2.75, 3.05) is 0 Å². The predicted octanol–water partition coefficient (Wildman–Crippen LogP) is 4.00. The van der Waals surface area contributed by atoms with Crippen LogP contribution in [0.2, 0.25) is 5.02 Å². The molecule has 0 N–H and O–H groups in total. The van der Waals surface area contributed by atoms with Crippen molar-refractivity contribution in [1.82, 2.24) is 14.7 Å². The van der Waals surface area contributed by atoms with Crippen LogP contribution in [-0.2, 0) is 0 Å². The Morgan fingerprint density at radius 1 is 1.08 bits per heavy atom. The maximum Gasteiger partial charge on any atom is 0.267 e. The molecule has 0 saturated heterocycles. The van der Waals surface area contributed by atoms with E-state index < -0.39 is 0 Å². The van der Waals surface area contributed by atoms with Crippen molar-refractivity contribution in [3.8, 4) is 17.2 Å². The summed E-state index contributed by atoms with van der Waals surface area (Å²) in [6.45, 7) is 1.77. The number of hydrogen-bond acceptors (Lipinski definition) is 4. The van der Waals surface area contributed by atoms with E-state index in [0.29, 0.717) is 33.3 Å². The Hall–Kier alpha value is -2.92. The van der Waals surface area contributed by atoms with Gasteiger partial charge < -0.3 is 4.52 Å². The Labute approximate surface area is 142 Å². The van der Waals surface area contributed by atoms with Crippen molar-refractivity contribution in [2.45, 2.75) is 6.92 Å². The number of hydrogen-bond donors (Lipinski definition) is 0. The molecule has 0 spiro atoms. The number of halogens is 1. The highest BCUT2D eigenvalue weighted by atomic mass is 35.5. The van der Waals surface area contributed by atoms with Crippen LogP contribution in [-0.4, -0.2) is 14.7 Å². The fraction of sp³-hybridized carbons (Fsp3) is 0.0556. The largest absolute Gasteiger partial charge is 0.360 e. The lowest BCUT2D eigenvalue weighted by Gasteiger charge is -2.11. The fourth-order valence-electron chi connectivity index (χ4n) is 2.61. The van der Waals surface area contributed by atoms with Crippen molar-refractivity contribution in [1.29, 1.82) is 0 Å². The maximum atomic E-state index is 13.1. The first-order valence-electron chi connectivity index (χ1n) is 7.35. The van der Waals surface area contributed by atoms with E-state index in [-0.39, 0.29) is 5.56 Å². The molecule has 0 radical (unpaired) electrons. The molecule has 0 unspecified atom stereocenters. The third-order valence-corrected chi connectivity index (χ3v) is 3.94. The zero-order chi connectivity index (χ0) is 16.7. The Balaban J connectivity index is 2.13. The summed E-state index contributed by atoms with van der Waals surface area (Å²) in [5, 5.41) is 4.89. The second kappa shape index (κ2) is 5.62. The quantitative estimate of drug-likeness (QED) is 0.554. The Kier molecular flexibility index (Phi) is 3.43. The molecule has 0 aliphatic rings. The summed E-state index contributed by atoms with van der Waals surface area (Å²) in [7, 11) is 0. The molecule has 4 aromatic rings. The average Bonchev–Trinajstić information content (AvgIpc) is 3.02. The first kappa shape index (κ1) is 14.7. The van der Waals surface area contributed by atoms with Crippen LogP contribution in [0.15, 0.2) is 63.9 Å². The molecule has 6 heteroatoms. The van der Waals surface area contributed by atoms with Gasteiger partial charge in [-0.3, -0.25) is 4.79 Å². The van der Waals surface area contributed by atoms with Gasteiger partial charge in [0.2, 0.25) is 0 Å². The van der Waals surface area contributed by atoms with Crippen molar-refractivity contribution in [3.05, 3.63) is 75.7 Å². The van der Waals surface area contributed by atoms with Crippen LogP contribution in [0.3, 0.4) is 0 Å². The Morgan fingerprint density at radius 3 is 2.58 bits per heavy atom. The zero-order valence-electron chi connectivity index (χ0n) is 12.7. The van der Waals surface area contributed by atoms with Crippen LogP contribution in [0.5, 0.6) is 0 Å². The average molecular weight is 338 g/mol. The van der Waals surface area contributed by atoms with Crippen molar-refractivity contribution in [2.24, 2.45) is 0 Å². The minimum absolute atomic E-state index is 0.241. The van der Waals surface area contributed by atoms with Crippen molar-refractivity contribution >= 4 is 22.5 Å². The maximum absolute atomic E-state index is 13.1. The van der Waals surface area contributed by atoms with Crippen LogP contribution >= 0.6 is 11.6 Å². The summed E-state index contributed by atoms with van der Waals surface area (Å²) in [6, 6.07) is 16.3. The molecule has 2 aromatic carbocycles. The molecule has 2 aromatic heterocycles. The zero-order valence-corrected chi connectivity index (χ0v) is 13.5. The van der Waals surface area contributed by atoms with E-state index in [1.807, 2.05) is 30.3 Å². The molecular weight excluding hydrogens is 326 g/mol. The topological polar surface area (TPSA) is 60.9 Å². The molecule has 4 rings (SSSR count). The van der Waals surface area contributed by atoms with Gasteiger partial charge in [-0.05, 0) is 25.1 Å². The van der Waals surface area contributed by atoms with Gasteiger partial charge in [-0.15, -0.1) is 0 Å². The molecular formula is C18H12ClN3O2. The highest BCUT2D eigenvalue weighted by molar-refractivity contribution is 6.31. The number of rotatable bonds is 2. The van der Waals surface area contributed by atoms with Gasteiger partial charge in [0.25, 0.3) is 5.56 Å². The third-order valence-electron chi connectivity index (χ3n) is 3.71. The van der Waals surface area contributed by atoms with Gasteiger partial charge in [-0.1, -0.05) is 47.1 Å². The minimum atomic E-state index is -0.241. The van der Waals surface area contributed by atoms with Gasteiger partial charge in [0.1, 0.15) is 11.6 Å². The number of nitrogens with zero attached hydrogens (tertiary/aromatic N) is 3. The summed E-state index contributed by atoms with van der Waals surface area (Å²) in [5.74, 6) is 1.51. The number of benzene rings is 2. The van der Waals surface area contributed by atoms with E-state index in [2.05, 4.69) is 10.1 Å². The van der Waals surface area contributed by atoms with Gasteiger partial charge in [-0.2, -0.15) is 0 Å².